The SMILES string of the molecule is CCCOC1C(=O)CC1OCCCC(C)C. The third kappa shape index (κ3) is 4.22. The zero-order valence-electron chi connectivity index (χ0n) is 10.7. The lowest BCUT2D eigenvalue weighted by atomic mass is 9.90. The highest BCUT2D eigenvalue weighted by atomic mass is 16.5. The van der Waals surface area contributed by atoms with Crippen LogP contribution in [0, 0.1) is 5.92 Å². The first kappa shape index (κ1) is 13.7. The standard InChI is InChI=1S/C13H24O3/c1-4-7-16-13-11(14)9-12(13)15-8-5-6-10(2)3/h10,12-13H,4-9H2,1-3H3. The molecule has 2 unspecified atom stereocenters. The van der Waals surface area contributed by atoms with E-state index in [0.29, 0.717) is 13.0 Å². The molecule has 1 aliphatic rings. The molecule has 0 aromatic rings. The Morgan fingerprint density at radius 3 is 2.62 bits per heavy atom. The van der Waals surface area contributed by atoms with Crippen molar-refractivity contribution in [2.45, 2.75) is 58.7 Å². The summed E-state index contributed by atoms with van der Waals surface area (Å²) in [6.45, 7) is 7.87. The molecule has 0 N–H and O–H groups in total. The van der Waals surface area contributed by atoms with E-state index in [1.165, 1.54) is 6.42 Å². The smallest absolute Gasteiger partial charge is 0.166 e. The minimum Gasteiger partial charge on any atom is -0.375 e. The van der Waals surface area contributed by atoms with Gasteiger partial charge in [0.1, 0.15) is 6.10 Å². The quantitative estimate of drug-likeness (QED) is 0.599. The average Bonchev–Trinajstić information content (AvgIpc) is 2.22. The maximum atomic E-state index is 11.3. The van der Waals surface area contributed by atoms with Crippen LogP contribution in [0.15, 0.2) is 0 Å². The molecule has 0 saturated heterocycles. The molecule has 0 amide bonds. The van der Waals surface area contributed by atoms with Gasteiger partial charge in [-0.2, -0.15) is 0 Å². The Morgan fingerprint density at radius 2 is 2.06 bits per heavy atom. The first-order chi connectivity index (χ1) is 7.65. The van der Waals surface area contributed by atoms with E-state index in [1.54, 1.807) is 0 Å². The number of ketones is 1. The second kappa shape index (κ2) is 7.02. The number of carbonyl (C=O) groups excluding carboxylic acids is 1. The highest BCUT2D eigenvalue weighted by molar-refractivity contribution is 5.90. The zero-order chi connectivity index (χ0) is 12.0. The summed E-state index contributed by atoms with van der Waals surface area (Å²) < 4.78 is 11.1. The molecule has 1 rings (SSSR count). The third-order valence-electron chi connectivity index (χ3n) is 2.82. The Bertz CT molecular complexity index is 213. The van der Waals surface area contributed by atoms with Crippen LogP contribution in [0.5, 0.6) is 0 Å². The minimum absolute atomic E-state index is 0.0196. The summed E-state index contributed by atoms with van der Waals surface area (Å²) in [7, 11) is 0. The molecule has 1 saturated carbocycles. The van der Waals surface area contributed by atoms with Gasteiger partial charge in [-0.05, 0) is 25.2 Å². The summed E-state index contributed by atoms with van der Waals surface area (Å²) in [6.07, 6.45) is 3.48. The zero-order valence-corrected chi connectivity index (χ0v) is 10.7. The molecule has 1 fully saturated rings. The fourth-order valence-corrected chi connectivity index (χ4v) is 1.79. The highest BCUT2D eigenvalue weighted by Gasteiger charge is 2.41. The van der Waals surface area contributed by atoms with E-state index >= 15 is 0 Å². The lowest BCUT2D eigenvalue weighted by molar-refractivity contribution is -0.166. The number of rotatable bonds is 8. The van der Waals surface area contributed by atoms with Crippen LogP contribution in [0.3, 0.4) is 0 Å². The highest BCUT2D eigenvalue weighted by Crippen LogP contribution is 2.23. The number of hydrogen-bond donors (Lipinski definition) is 0. The van der Waals surface area contributed by atoms with Gasteiger partial charge < -0.3 is 9.47 Å². The summed E-state index contributed by atoms with van der Waals surface area (Å²) in [5.74, 6) is 0.918. The number of hydrogen-bond acceptors (Lipinski definition) is 3. The molecule has 0 aromatic heterocycles. The molecule has 16 heavy (non-hydrogen) atoms. The predicted octanol–water partition coefficient (Wildman–Crippen LogP) is 2.58. The fraction of sp³-hybridized carbons (Fsp3) is 0.923. The minimum atomic E-state index is -0.279. The van der Waals surface area contributed by atoms with Crippen LogP contribution in [0.2, 0.25) is 0 Å². The van der Waals surface area contributed by atoms with Crippen molar-refractivity contribution in [1.29, 1.82) is 0 Å². The molecule has 3 heteroatoms. The van der Waals surface area contributed by atoms with E-state index in [2.05, 4.69) is 13.8 Å². The molecule has 0 aromatic carbocycles. The van der Waals surface area contributed by atoms with Crippen LogP contribution in [0.4, 0.5) is 0 Å². The Morgan fingerprint density at radius 1 is 1.31 bits per heavy atom. The molecule has 0 heterocycles. The van der Waals surface area contributed by atoms with Crippen molar-refractivity contribution < 1.29 is 14.3 Å². The molecule has 0 radical (unpaired) electrons. The average molecular weight is 228 g/mol. The van der Waals surface area contributed by atoms with Gasteiger partial charge in [0.25, 0.3) is 0 Å². The topological polar surface area (TPSA) is 35.5 Å². The molecule has 0 bridgehead atoms. The molecule has 0 spiro atoms. The van der Waals surface area contributed by atoms with Crippen molar-refractivity contribution in [3.05, 3.63) is 0 Å². The van der Waals surface area contributed by atoms with Crippen LogP contribution in [-0.4, -0.2) is 31.2 Å². The lowest BCUT2D eigenvalue weighted by Crippen LogP contribution is -2.50. The van der Waals surface area contributed by atoms with Gasteiger partial charge in [-0.25, -0.2) is 0 Å². The summed E-state index contributed by atoms with van der Waals surface area (Å²) in [5, 5.41) is 0. The summed E-state index contributed by atoms with van der Waals surface area (Å²) in [6, 6.07) is 0. The van der Waals surface area contributed by atoms with Crippen molar-refractivity contribution in [1.82, 2.24) is 0 Å². The summed E-state index contributed by atoms with van der Waals surface area (Å²) >= 11 is 0. The molecule has 3 nitrogen and oxygen atoms in total. The van der Waals surface area contributed by atoms with Gasteiger partial charge in [0.2, 0.25) is 0 Å². The first-order valence-corrected chi connectivity index (χ1v) is 6.41. The number of ether oxygens (including phenoxy) is 2. The Balaban J connectivity index is 2.10. The van der Waals surface area contributed by atoms with E-state index in [4.69, 9.17) is 9.47 Å². The van der Waals surface area contributed by atoms with E-state index in [0.717, 1.165) is 25.4 Å². The Labute approximate surface area is 98.5 Å². The maximum Gasteiger partial charge on any atom is 0.166 e. The van der Waals surface area contributed by atoms with Gasteiger partial charge in [-0.3, -0.25) is 4.79 Å². The van der Waals surface area contributed by atoms with Gasteiger partial charge >= 0.3 is 0 Å². The summed E-state index contributed by atoms with van der Waals surface area (Å²) in [5.41, 5.74) is 0. The summed E-state index contributed by atoms with van der Waals surface area (Å²) in [4.78, 5) is 11.3. The van der Waals surface area contributed by atoms with Crippen molar-refractivity contribution in [2.24, 2.45) is 5.92 Å². The fourth-order valence-electron chi connectivity index (χ4n) is 1.79. The van der Waals surface area contributed by atoms with Crippen LogP contribution in [-0.2, 0) is 14.3 Å². The molecule has 0 aliphatic heterocycles. The van der Waals surface area contributed by atoms with Crippen molar-refractivity contribution >= 4 is 5.78 Å². The predicted molar refractivity (Wildman–Crippen MR) is 63.5 cm³/mol. The maximum absolute atomic E-state index is 11.3. The molecule has 94 valence electrons. The van der Waals surface area contributed by atoms with Crippen LogP contribution in [0.1, 0.15) is 46.5 Å². The van der Waals surface area contributed by atoms with Gasteiger partial charge in [0, 0.05) is 19.6 Å². The van der Waals surface area contributed by atoms with Crippen LogP contribution < -0.4 is 0 Å². The van der Waals surface area contributed by atoms with Crippen LogP contribution in [0.25, 0.3) is 0 Å². The van der Waals surface area contributed by atoms with Crippen molar-refractivity contribution in [3.63, 3.8) is 0 Å². The van der Waals surface area contributed by atoms with E-state index < -0.39 is 0 Å². The Kier molecular flexibility index (Phi) is 5.99. The molecule has 2 atom stereocenters. The first-order valence-electron chi connectivity index (χ1n) is 6.41. The molecular formula is C13H24O3. The number of Topliss-reactive ketones (excluding diaryl/α,β-unsaturated/α-hetero) is 1. The largest absolute Gasteiger partial charge is 0.375 e. The number of carbonyl (C=O) groups is 1. The van der Waals surface area contributed by atoms with Gasteiger partial charge in [-0.15, -0.1) is 0 Å². The van der Waals surface area contributed by atoms with E-state index in [1.807, 2.05) is 6.92 Å². The van der Waals surface area contributed by atoms with Gasteiger partial charge in [-0.1, -0.05) is 20.8 Å². The van der Waals surface area contributed by atoms with Crippen LogP contribution >= 0.6 is 0 Å². The third-order valence-corrected chi connectivity index (χ3v) is 2.82. The van der Waals surface area contributed by atoms with Crippen molar-refractivity contribution in [2.75, 3.05) is 13.2 Å². The van der Waals surface area contributed by atoms with Gasteiger partial charge in [0.15, 0.2) is 5.78 Å². The normalized spacial score (nSPS) is 24.9. The van der Waals surface area contributed by atoms with Crippen molar-refractivity contribution in [3.8, 4) is 0 Å². The van der Waals surface area contributed by atoms with E-state index in [-0.39, 0.29) is 18.0 Å². The monoisotopic (exact) mass is 228 g/mol. The lowest BCUT2D eigenvalue weighted by Gasteiger charge is -2.34. The molecule has 1 aliphatic carbocycles. The van der Waals surface area contributed by atoms with Gasteiger partial charge in [0.05, 0.1) is 6.10 Å². The Hall–Kier alpha value is -0.410. The second-order valence-corrected chi connectivity index (χ2v) is 4.91. The van der Waals surface area contributed by atoms with E-state index in [9.17, 15) is 4.79 Å². The molecular weight excluding hydrogens is 204 g/mol. The second-order valence-electron chi connectivity index (χ2n) is 4.91.